The molecule has 0 unspecified atom stereocenters. The van der Waals surface area contributed by atoms with E-state index in [2.05, 4.69) is 25.2 Å². The van der Waals surface area contributed by atoms with E-state index in [1.54, 1.807) is 4.90 Å². The Labute approximate surface area is 182 Å². The van der Waals surface area contributed by atoms with Crippen LogP contribution in [0.3, 0.4) is 0 Å². The van der Waals surface area contributed by atoms with E-state index in [0.717, 1.165) is 41.0 Å². The Morgan fingerprint density at radius 1 is 1.13 bits per heavy atom. The van der Waals surface area contributed by atoms with Gasteiger partial charge in [-0.15, -0.1) is 0 Å². The molecule has 2 aromatic rings. The molecule has 0 radical (unpaired) electrons. The van der Waals surface area contributed by atoms with Crippen molar-refractivity contribution < 1.29 is 9.59 Å². The quantitative estimate of drug-likeness (QED) is 0.691. The molecule has 1 aliphatic heterocycles. The van der Waals surface area contributed by atoms with Crippen LogP contribution in [-0.2, 0) is 16.1 Å². The minimum Gasteiger partial charge on any atom is -0.350 e. The van der Waals surface area contributed by atoms with Gasteiger partial charge in [0, 0.05) is 17.0 Å². The van der Waals surface area contributed by atoms with Crippen LogP contribution >= 0.6 is 11.8 Å². The van der Waals surface area contributed by atoms with Crippen molar-refractivity contribution in [1.29, 1.82) is 0 Å². The molecule has 30 heavy (non-hydrogen) atoms. The molecule has 2 atom stereocenters. The van der Waals surface area contributed by atoms with E-state index >= 15 is 0 Å². The summed E-state index contributed by atoms with van der Waals surface area (Å²) in [6, 6.07) is 16.2. The summed E-state index contributed by atoms with van der Waals surface area (Å²) in [6.07, 6.45) is 6.03. The van der Waals surface area contributed by atoms with Gasteiger partial charge < -0.3 is 10.2 Å². The Hall–Kier alpha value is -2.53. The fourth-order valence-corrected chi connectivity index (χ4v) is 5.28. The second-order valence-corrected chi connectivity index (χ2v) is 9.36. The number of fused-ring (bicyclic) bond motifs is 1. The molecule has 1 aliphatic carbocycles. The predicted octanol–water partition coefficient (Wildman–Crippen LogP) is 5.21. The number of thioether (sulfide) groups is 1. The average molecular weight is 421 g/mol. The van der Waals surface area contributed by atoms with Crippen molar-refractivity contribution in [3.63, 3.8) is 0 Å². The Morgan fingerprint density at radius 3 is 2.67 bits per heavy atom. The summed E-state index contributed by atoms with van der Waals surface area (Å²) in [7, 11) is 0. The summed E-state index contributed by atoms with van der Waals surface area (Å²) in [4.78, 5) is 29.3. The zero-order valence-corrected chi connectivity index (χ0v) is 18.4. The van der Waals surface area contributed by atoms with E-state index in [0.29, 0.717) is 17.4 Å². The summed E-state index contributed by atoms with van der Waals surface area (Å²) >= 11 is 1.38. The third-order valence-corrected chi connectivity index (χ3v) is 7.20. The highest BCUT2D eigenvalue weighted by Gasteiger charge is 2.30. The first-order chi connectivity index (χ1) is 14.5. The molecule has 5 heteroatoms. The molecule has 2 aromatic carbocycles. The van der Waals surface area contributed by atoms with Gasteiger partial charge in [-0.2, -0.15) is 0 Å². The normalized spacial score (nSPS) is 22.7. The lowest BCUT2D eigenvalue weighted by Crippen LogP contribution is -2.41. The van der Waals surface area contributed by atoms with E-state index in [1.165, 1.54) is 24.3 Å². The monoisotopic (exact) mass is 420 g/mol. The van der Waals surface area contributed by atoms with Gasteiger partial charge in [-0.3, -0.25) is 9.59 Å². The van der Waals surface area contributed by atoms with E-state index in [1.807, 2.05) is 42.5 Å². The molecule has 1 heterocycles. The molecule has 1 saturated carbocycles. The van der Waals surface area contributed by atoms with Gasteiger partial charge in [0.15, 0.2) is 0 Å². The van der Waals surface area contributed by atoms with Gasteiger partial charge in [0.05, 0.1) is 17.1 Å². The number of benzene rings is 2. The second-order valence-electron chi connectivity index (χ2n) is 8.27. The second kappa shape index (κ2) is 9.09. The van der Waals surface area contributed by atoms with Crippen LogP contribution in [0.2, 0.25) is 0 Å². The number of amides is 2. The van der Waals surface area contributed by atoms with E-state index < -0.39 is 0 Å². The molecule has 0 aromatic heterocycles. The van der Waals surface area contributed by atoms with Crippen LogP contribution in [0.1, 0.15) is 43.7 Å². The maximum absolute atomic E-state index is 13.4. The molecular weight excluding hydrogens is 392 g/mol. The highest BCUT2D eigenvalue weighted by molar-refractivity contribution is 8.04. The van der Waals surface area contributed by atoms with E-state index in [4.69, 9.17) is 0 Å². The van der Waals surface area contributed by atoms with Crippen LogP contribution < -0.4 is 10.2 Å². The van der Waals surface area contributed by atoms with Crippen LogP contribution in [0, 0.1) is 12.8 Å². The molecule has 0 spiro atoms. The number of aryl methyl sites for hydroxylation is 1. The van der Waals surface area contributed by atoms with Crippen molar-refractivity contribution in [3.8, 4) is 0 Å². The number of nitrogens with zero attached hydrogens (tertiary/aromatic N) is 1. The predicted molar refractivity (Wildman–Crippen MR) is 122 cm³/mol. The molecule has 1 fully saturated rings. The zero-order valence-electron chi connectivity index (χ0n) is 17.6. The van der Waals surface area contributed by atoms with Gasteiger partial charge in [-0.25, -0.2) is 0 Å². The Balaban J connectivity index is 1.59. The molecule has 4 rings (SSSR count). The lowest BCUT2D eigenvalue weighted by Gasteiger charge is -2.31. The maximum Gasteiger partial charge on any atom is 0.265 e. The maximum atomic E-state index is 13.4. The standard InChI is InChI=1S/C25H28N2O2S/c1-17-9-3-5-11-19(17)16-27-21-13-7-8-14-22(21)30-23(25(27)29)15-24(28)26-20-12-6-4-10-18(20)2/h3,5,7-9,11,13-15,18,20H,4,6,10,12,16H2,1-2H3,(H,26,28)/b23-15-/t18-,20-/m0/s1. The topological polar surface area (TPSA) is 49.4 Å². The smallest absolute Gasteiger partial charge is 0.265 e. The van der Waals surface area contributed by atoms with Crippen LogP contribution in [0.4, 0.5) is 5.69 Å². The zero-order chi connectivity index (χ0) is 21.1. The third kappa shape index (κ3) is 4.46. The molecule has 2 aliphatic rings. The lowest BCUT2D eigenvalue weighted by molar-refractivity contribution is -0.119. The minimum atomic E-state index is -0.167. The highest BCUT2D eigenvalue weighted by atomic mass is 32.2. The summed E-state index contributed by atoms with van der Waals surface area (Å²) in [5.41, 5.74) is 3.15. The Bertz CT molecular complexity index is 985. The number of rotatable bonds is 4. The van der Waals surface area contributed by atoms with Crippen molar-refractivity contribution in [2.45, 2.75) is 57.0 Å². The van der Waals surface area contributed by atoms with E-state index in [9.17, 15) is 9.59 Å². The molecule has 0 saturated heterocycles. The molecule has 156 valence electrons. The first kappa shape index (κ1) is 20.7. The summed E-state index contributed by atoms with van der Waals surface area (Å²) in [5, 5.41) is 3.13. The van der Waals surface area contributed by atoms with Gasteiger partial charge >= 0.3 is 0 Å². The largest absolute Gasteiger partial charge is 0.350 e. The number of hydrogen-bond acceptors (Lipinski definition) is 3. The first-order valence-corrected chi connectivity index (χ1v) is 11.5. The van der Waals surface area contributed by atoms with Crippen molar-refractivity contribution in [1.82, 2.24) is 5.32 Å². The van der Waals surface area contributed by atoms with Crippen LogP contribution in [0.5, 0.6) is 0 Å². The number of carbonyl (C=O) groups is 2. The minimum absolute atomic E-state index is 0.117. The molecular formula is C25H28N2O2S. The lowest BCUT2D eigenvalue weighted by atomic mass is 9.86. The third-order valence-electron chi connectivity index (χ3n) is 6.12. The Morgan fingerprint density at radius 2 is 1.87 bits per heavy atom. The molecule has 0 bridgehead atoms. The summed E-state index contributed by atoms with van der Waals surface area (Å²) < 4.78 is 0. The van der Waals surface area contributed by atoms with Crippen molar-refractivity contribution >= 4 is 29.3 Å². The fraction of sp³-hybridized carbons (Fsp3) is 0.360. The SMILES string of the molecule is Cc1ccccc1CN1C(=O)/C(=C/C(=O)N[C@H]2CCCC[C@@H]2C)Sc2ccccc21. The molecule has 4 nitrogen and oxygen atoms in total. The molecule has 1 N–H and O–H groups in total. The van der Waals surface area contributed by atoms with Gasteiger partial charge in [0.2, 0.25) is 5.91 Å². The summed E-state index contributed by atoms with van der Waals surface area (Å²) in [5.74, 6) is 0.197. The van der Waals surface area contributed by atoms with Crippen molar-refractivity contribution in [2.24, 2.45) is 5.92 Å². The van der Waals surface area contributed by atoms with Gasteiger partial charge in [0.1, 0.15) is 0 Å². The van der Waals surface area contributed by atoms with Crippen molar-refractivity contribution in [2.75, 3.05) is 4.90 Å². The number of nitrogens with one attached hydrogen (secondary N) is 1. The van der Waals surface area contributed by atoms with Crippen LogP contribution in [-0.4, -0.2) is 17.9 Å². The van der Waals surface area contributed by atoms with Crippen LogP contribution in [0.15, 0.2) is 64.4 Å². The van der Waals surface area contributed by atoms with Gasteiger partial charge in [-0.05, 0) is 48.9 Å². The fourth-order valence-electron chi connectivity index (χ4n) is 4.25. The Kier molecular flexibility index (Phi) is 6.28. The van der Waals surface area contributed by atoms with Crippen LogP contribution in [0.25, 0.3) is 0 Å². The summed E-state index contributed by atoms with van der Waals surface area (Å²) in [6.45, 7) is 4.74. The first-order valence-electron chi connectivity index (χ1n) is 10.7. The van der Waals surface area contributed by atoms with Crippen molar-refractivity contribution in [3.05, 3.63) is 70.6 Å². The number of para-hydroxylation sites is 1. The number of anilines is 1. The number of carbonyl (C=O) groups excluding carboxylic acids is 2. The van der Waals surface area contributed by atoms with Gasteiger partial charge in [-0.1, -0.05) is 67.9 Å². The molecule has 2 amide bonds. The average Bonchev–Trinajstić information content (AvgIpc) is 2.74. The number of hydrogen-bond donors (Lipinski definition) is 1. The van der Waals surface area contributed by atoms with Gasteiger partial charge in [0.25, 0.3) is 5.91 Å². The van der Waals surface area contributed by atoms with E-state index in [-0.39, 0.29) is 17.9 Å². The highest BCUT2D eigenvalue weighted by Crippen LogP contribution is 2.42.